The first kappa shape index (κ1) is 49.0. The van der Waals surface area contributed by atoms with E-state index in [1.165, 1.54) is 125 Å². The van der Waals surface area contributed by atoms with Crippen molar-refractivity contribution in [2.45, 2.75) is 122 Å². The van der Waals surface area contributed by atoms with E-state index in [0.29, 0.717) is 0 Å². The van der Waals surface area contributed by atoms with E-state index in [9.17, 15) is 0 Å². The van der Waals surface area contributed by atoms with Gasteiger partial charge in [0, 0.05) is 50.8 Å². The summed E-state index contributed by atoms with van der Waals surface area (Å²) in [6.45, 7) is 23.6. The highest BCUT2D eigenvalue weighted by molar-refractivity contribution is 7.00. The second kappa shape index (κ2) is 17.7. The molecule has 0 spiro atoms. The molecule has 3 heterocycles. The molecule has 0 saturated heterocycles. The smallest absolute Gasteiger partial charge is 0.252 e. The number of hydrogen-bond donors (Lipinski definition) is 0. The highest BCUT2D eigenvalue weighted by Gasteiger charge is 2.61. The van der Waals surface area contributed by atoms with E-state index in [2.05, 4.69) is 290 Å². The van der Waals surface area contributed by atoms with Crippen LogP contribution in [0.25, 0.3) is 22.3 Å². The molecular formula is C73H72BN3. The molecule has 1 fully saturated rings. The lowest BCUT2D eigenvalue weighted by Crippen LogP contribution is -2.61. The third kappa shape index (κ3) is 7.67. The zero-order valence-electron chi connectivity index (χ0n) is 46.9. The van der Waals surface area contributed by atoms with Crippen molar-refractivity contribution < 1.29 is 0 Å². The number of hydrogen-bond acceptors (Lipinski definition) is 3. The number of fused-ring (bicyclic) bond motifs is 7. The Morgan fingerprint density at radius 2 is 0.961 bits per heavy atom. The minimum atomic E-state index is -0.204. The van der Waals surface area contributed by atoms with Crippen molar-refractivity contribution in [2.24, 2.45) is 0 Å². The summed E-state index contributed by atoms with van der Waals surface area (Å²) in [6.07, 6.45) is 4.63. The van der Waals surface area contributed by atoms with Crippen LogP contribution in [0.5, 0.6) is 0 Å². The van der Waals surface area contributed by atoms with Gasteiger partial charge in [-0.3, -0.25) is 0 Å². The molecule has 3 nitrogen and oxygen atoms in total. The summed E-state index contributed by atoms with van der Waals surface area (Å²) in [5.74, 6) is 0. The number of benzene rings is 9. The zero-order valence-corrected chi connectivity index (χ0v) is 46.9. The predicted octanol–water partition coefficient (Wildman–Crippen LogP) is 17.8. The lowest BCUT2D eigenvalue weighted by Gasteiger charge is -2.52. The van der Waals surface area contributed by atoms with Crippen molar-refractivity contribution in [3.8, 4) is 22.3 Å². The lowest BCUT2D eigenvalue weighted by molar-refractivity contribution is 0.215. The van der Waals surface area contributed by atoms with Gasteiger partial charge in [0.1, 0.15) is 0 Å². The molecule has 1 aliphatic carbocycles. The second-order valence-corrected chi connectivity index (χ2v) is 25.9. The molecule has 2 atom stereocenters. The number of nitrogens with zero attached hydrogens (tertiary/aromatic N) is 3. The van der Waals surface area contributed by atoms with Crippen LogP contribution in [0.3, 0.4) is 0 Å². The minimum absolute atomic E-state index is 0.00538. The van der Waals surface area contributed by atoms with E-state index < -0.39 is 0 Å². The molecule has 0 amide bonds. The largest absolute Gasteiger partial charge is 0.334 e. The third-order valence-corrected chi connectivity index (χ3v) is 18.2. The van der Waals surface area contributed by atoms with Crippen LogP contribution >= 0.6 is 0 Å². The number of para-hydroxylation sites is 1. The molecule has 4 aliphatic rings. The van der Waals surface area contributed by atoms with Gasteiger partial charge >= 0.3 is 0 Å². The van der Waals surface area contributed by atoms with E-state index in [1.807, 2.05) is 0 Å². The second-order valence-electron chi connectivity index (χ2n) is 25.9. The molecule has 13 rings (SSSR count). The molecule has 0 N–H and O–H groups in total. The van der Waals surface area contributed by atoms with Gasteiger partial charge in [-0.1, -0.05) is 221 Å². The van der Waals surface area contributed by atoms with Gasteiger partial charge in [-0.25, -0.2) is 0 Å². The fourth-order valence-corrected chi connectivity index (χ4v) is 14.2. The Hall–Kier alpha value is -7.56. The summed E-state index contributed by atoms with van der Waals surface area (Å²) in [6, 6.07) is 79.7. The minimum Gasteiger partial charge on any atom is -0.334 e. The quantitative estimate of drug-likeness (QED) is 0.154. The molecule has 9 aromatic carbocycles. The van der Waals surface area contributed by atoms with Crippen molar-refractivity contribution in [2.75, 3.05) is 14.7 Å². The lowest BCUT2D eigenvalue weighted by atomic mass is 9.33. The molecule has 0 radical (unpaired) electrons. The van der Waals surface area contributed by atoms with Crippen molar-refractivity contribution >= 4 is 68.6 Å². The van der Waals surface area contributed by atoms with Gasteiger partial charge in [-0.05, 0) is 158 Å². The molecule has 77 heavy (non-hydrogen) atoms. The van der Waals surface area contributed by atoms with Gasteiger partial charge in [0.05, 0.1) is 11.2 Å². The SMILES string of the molecule is CC(C)(C)c1ccc(N2c3cc(N4c5ccccc5C5(c6ccccc6)CCCCC45C)ccc3B3c4cc(-c5ccccc5)ccc4N(c4ccc(C(C)(C)C)cc4-c4ccccc4)c4cc(C(C)(C)C)cc2c43)cc1. The van der Waals surface area contributed by atoms with Crippen molar-refractivity contribution in [1.29, 1.82) is 0 Å². The average molecular weight is 1000 g/mol. The van der Waals surface area contributed by atoms with E-state index >= 15 is 0 Å². The zero-order chi connectivity index (χ0) is 53.2. The van der Waals surface area contributed by atoms with Crippen LogP contribution in [0.15, 0.2) is 206 Å². The first-order valence-corrected chi connectivity index (χ1v) is 28.3. The summed E-state index contributed by atoms with van der Waals surface area (Å²) in [5.41, 5.74) is 25.0. The molecule has 1 saturated carbocycles. The molecule has 3 aliphatic heterocycles. The van der Waals surface area contributed by atoms with Crippen LogP contribution in [0.1, 0.15) is 123 Å². The van der Waals surface area contributed by atoms with Crippen LogP contribution in [0.4, 0.5) is 45.5 Å². The summed E-state index contributed by atoms with van der Waals surface area (Å²) >= 11 is 0. The Morgan fingerprint density at radius 3 is 1.64 bits per heavy atom. The fraction of sp³-hybridized carbons (Fsp3) is 0.260. The van der Waals surface area contributed by atoms with Gasteiger partial charge in [0.25, 0.3) is 6.71 Å². The van der Waals surface area contributed by atoms with Crippen LogP contribution in [0, 0.1) is 0 Å². The van der Waals surface area contributed by atoms with Crippen LogP contribution in [-0.4, -0.2) is 12.3 Å². The maximum absolute atomic E-state index is 2.78. The van der Waals surface area contributed by atoms with Gasteiger partial charge in [-0.15, -0.1) is 0 Å². The van der Waals surface area contributed by atoms with Crippen LogP contribution < -0.4 is 31.1 Å². The fourth-order valence-electron chi connectivity index (χ4n) is 14.2. The summed E-state index contributed by atoms with van der Waals surface area (Å²) < 4.78 is 0. The summed E-state index contributed by atoms with van der Waals surface area (Å²) in [7, 11) is 0. The normalized spacial score (nSPS) is 18.6. The van der Waals surface area contributed by atoms with E-state index in [-0.39, 0.29) is 33.9 Å². The Labute approximate surface area is 459 Å². The molecule has 0 bridgehead atoms. The monoisotopic (exact) mass is 1000 g/mol. The Balaban J connectivity index is 1.12. The Bertz CT molecular complexity index is 3730. The van der Waals surface area contributed by atoms with Crippen LogP contribution in [-0.2, 0) is 21.7 Å². The first-order valence-electron chi connectivity index (χ1n) is 28.3. The first-order chi connectivity index (χ1) is 37.0. The van der Waals surface area contributed by atoms with E-state index in [1.54, 1.807) is 0 Å². The molecule has 4 heteroatoms. The average Bonchev–Trinajstić information content (AvgIpc) is 3.81. The molecule has 382 valence electrons. The number of anilines is 8. The van der Waals surface area contributed by atoms with Gasteiger partial charge in [0.2, 0.25) is 0 Å². The van der Waals surface area contributed by atoms with E-state index in [4.69, 9.17) is 0 Å². The standard InChI is InChI=1S/C73H72BN3/c1-69(2,3)52-33-36-56(37-34-52)75-65-48-57(77-63-31-21-20-30-59(63)73(53-28-18-13-19-29-53)43-23-22-42-72(73,77)10)38-39-60(65)74-61-44-51(49-24-14-11-15-25-49)32-40-64(61)76(67-47-55(71(7,8)9)46-66(75)68(67)74)62-41-35-54(70(4,5)6)45-58(62)50-26-16-12-17-27-50/h11-21,24-41,44-48H,22-23,42-43H2,1-10H3. The topological polar surface area (TPSA) is 9.72 Å². The van der Waals surface area contributed by atoms with Gasteiger partial charge in [0.15, 0.2) is 0 Å². The third-order valence-electron chi connectivity index (χ3n) is 18.2. The van der Waals surface area contributed by atoms with Crippen LogP contribution in [0.2, 0.25) is 0 Å². The van der Waals surface area contributed by atoms with Crippen molar-refractivity contribution in [3.05, 3.63) is 234 Å². The molecule has 2 unspecified atom stereocenters. The number of rotatable bonds is 6. The maximum atomic E-state index is 2.78. The highest BCUT2D eigenvalue weighted by atomic mass is 15.3. The predicted molar refractivity (Wildman–Crippen MR) is 330 cm³/mol. The van der Waals surface area contributed by atoms with Gasteiger partial charge < -0.3 is 14.7 Å². The molecular weight excluding hydrogens is 930 g/mol. The molecule has 0 aromatic heterocycles. The van der Waals surface area contributed by atoms with Crippen molar-refractivity contribution in [3.63, 3.8) is 0 Å². The van der Waals surface area contributed by atoms with E-state index in [0.717, 1.165) is 12.8 Å². The summed E-state index contributed by atoms with van der Waals surface area (Å²) in [4.78, 5) is 8.06. The van der Waals surface area contributed by atoms with Gasteiger partial charge in [-0.2, -0.15) is 0 Å². The Kier molecular flexibility index (Phi) is 11.3. The highest BCUT2D eigenvalue weighted by Crippen LogP contribution is 2.64. The Morgan fingerprint density at radius 1 is 0.390 bits per heavy atom. The summed E-state index contributed by atoms with van der Waals surface area (Å²) in [5, 5.41) is 0. The maximum Gasteiger partial charge on any atom is 0.252 e. The molecule has 9 aromatic rings. The van der Waals surface area contributed by atoms with Crippen molar-refractivity contribution in [1.82, 2.24) is 0 Å².